The smallest absolute Gasteiger partial charge is 0.0544 e. The van der Waals surface area contributed by atoms with E-state index in [1.807, 2.05) is 0 Å². The van der Waals surface area contributed by atoms with E-state index < -0.39 is 0 Å². The van der Waals surface area contributed by atoms with Gasteiger partial charge in [-0.15, -0.1) is 0 Å². The number of rotatable bonds is 5. The van der Waals surface area contributed by atoms with Crippen LogP contribution >= 0.6 is 0 Å². The molecule has 0 amide bonds. The predicted molar refractivity (Wildman–Crippen MR) is 596 cm³/mol. The zero-order chi connectivity index (χ0) is 95.9. The first kappa shape index (κ1) is 82.3. The van der Waals surface area contributed by atoms with Crippen molar-refractivity contribution in [3.63, 3.8) is 0 Å². The van der Waals surface area contributed by atoms with Crippen molar-refractivity contribution >= 4 is 87.2 Å². The van der Waals surface area contributed by atoms with Crippen molar-refractivity contribution in [3.05, 3.63) is 453 Å². The lowest BCUT2D eigenvalue weighted by Crippen LogP contribution is -2.15. The van der Waals surface area contributed by atoms with E-state index in [0.717, 1.165) is 0 Å². The lowest BCUT2D eigenvalue weighted by atomic mass is 9.82. The molecule has 31 rings (SSSR count). The quantitative estimate of drug-likeness (QED) is 0.164. The van der Waals surface area contributed by atoms with Crippen molar-refractivity contribution in [2.75, 3.05) is 0 Å². The first-order chi connectivity index (χ1) is 68.4. The fourth-order valence-electron chi connectivity index (χ4n) is 29.1. The SMILES string of the molecule is CC1(C)c2ccccc2-c2cc3c4cc5c(cc4n(-c4ccc(-c6ccc(-n7c8cc9c(cc8c8cc%10c(cc87)C(C)(C)c7ccccc7-%10)-c7ccccc7C9(C)C)cc6)cc4)c3cc21)C(C)(C)c1ccccc1-5.CC1(C)c2ccccc2-c2cc3c4cc5c(cc4n(-c4ccc(-n6c7cc8c(cc7c7cc9c(cc76)C(C)(C)c6ccccc6-9)-c6ccccc6C8(C)C)cc4)c3cc21)C(C)(C)c1ccccc1-5. The molecule has 8 aliphatic carbocycles. The molecule has 23 aromatic rings. The molecule has 680 valence electrons. The Bertz CT molecular complexity index is 8700. The third-order valence-corrected chi connectivity index (χ3v) is 36.6. The maximum absolute atomic E-state index is 2.57. The van der Waals surface area contributed by atoms with E-state index in [2.05, 4.69) is 493 Å². The molecule has 0 spiro atoms. The van der Waals surface area contributed by atoms with Crippen LogP contribution in [-0.4, -0.2) is 18.3 Å². The largest absolute Gasteiger partial charge is 0.309 e. The molecule has 0 N–H and O–H groups in total. The summed E-state index contributed by atoms with van der Waals surface area (Å²) in [5.41, 5.74) is 60.3. The molecule has 4 nitrogen and oxygen atoms in total. The van der Waals surface area contributed by atoms with Gasteiger partial charge in [0.1, 0.15) is 0 Å². The molecule has 0 saturated heterocycles. The van der Waals surface area contributed by atoms with Crippen LogP contribution in [0.4, 0.5) is 0 Å². The molecule has 4 aromatic heterocycles. The molecule has 0 unspecified atom stereocenters. The Morgan fingerprint density at radius 1 is 0.120 bits per heavy atom. The molecule has 8 aliphatic rings. The number of hydrogen-bond donors (Lipinski definition) is 0. The standard InChI is InChI=1S/C72H56N2.C66H52N2/c1-69(2)57-21-13-9-17-45(57)49-33-53-54-34-50-46-18-10-14-22-58(46)70(3,4)62(50)38-66(54)73(65(53)37-61(49)69)43-29-25-41(26-30-43)42-27-31-44(32-28-42)74-67-39-63-51(47-19-11-15-23-59(47)71(63,5)6)35-55(67)56-36-52-48-20-12-16-24-60(48)72(7,8)64(52)40-68(56)74;1-63(2)51-21-13-9-17-39(51)43-29-47-48-30-44-40-18-10-14-22-52(40)64(3,4)56(44)34-60(48)67(59(47)33-55(43)63)37-25-27-38(28-26-37)68-61-35-57-45(41-19-11-15-23-53(41)65(57,5)6)31-49(61)50-32-46-42-20-12-16-24-54(42)66(7,8)58(46)36-62(50)68/h9-40H,1-8H3;9-36H,1-8H3. The highest BCUT2D eigenvalue weighted by Gasteiger charge is 2.46. The summed E-state index contributed by atoms with van der Waals surface area (Å²) in [6, 6.07) is 141. The molecule has 4 heterocycles. The Morgan fingerprint density at radius 3 is 0.373 bits per heavy atom. The Morgan fingerprint density at radius 2 is 0.239 bits per heavy atom. The average Bonchev–Trinajstić information content (AvgIpc) is 1.54. The van der Waals surface area contributed by atoms with Gasteiger partial charge in [0, 0.05) is 109 Å². The van der Waals surface area contributed by atoms with E-state index in [1.165, 1.54) is 299 Å². The second-order valence-corrected chi connectivity index (χ2v) is 46.6. The van der Waals surface area contributed by atoms with Crippen LogP contribution < -0.4 is 0 Å². The first-order valence-corrected chi connectivity index (χ1v) is 51.3. The predicted octanol–water partition coefficient (Wildman–Crippen LogP) is 35.9. The van der Waals surface area contributed by atoms with Crippen LogP contribution in [0, 0.1) is 0 Å². The van der Waals surface area contributed by atoms with Crippen molar-refractivity contribution in [1.29, 1.82) is 0 Å². The van der Waals surface area contributed by atoms with Crippen molar-refractivity contribution in [2.45, 2.75) is 154 Å². The number of aromatic nitrogens is 4. The van der Waals surface area contributed by atoms with Crippen LogP contribution in [0.3, 0.4) is 0 Å². The molecule has 19 aromatic carbocycles. The highest BCUT2D eigenvalue weighted by molar-refractivity contribution is 6.19. The van der Waals surface area contributed by atoms with Gasteiger partial charge < -0.3 is 18.3 Å². The van der Waals surface area contributed by atoms with E-state index in [-0.39, 0.29) is 43.3 Å². The van der Waals surface area contributed by atoms with Gasteiger partial charge in [-0.25, -0.2) is 0 Å². The number of hydrogen-bond acceptors (Lipinski definition) is 0. The number of nitrogens with zero attached hydrogens (tertiary/aromatic N) is 4. The fourth-order valence-corrected chi connectivity index (χ4v) is 29.1. The van der Waals surface area contributed by atoms with Gasteiger partial charge in [0.2, 0.25) is 0 Å². The second kappa shape index (κ2) is 27.3. The third kappa shape index (κ3) is 10.4. The van der Waals surface area contributed by atoms with Crippen LogP contribution in [0.25, 0.3) is 210 Å². The van der Waals surface area contributed by atoms with E-state index >= 15 is 0 Å². The van der Waals surface area contributed by atoms with Crippen LogP contribution in [0.1, 0.15) is 200 Å². The zero-order valence-electron chi connectivity index (χ0n) is 83.4. The molecular weight excluding hydrogens is 1710 g/mol. The molecule has 0 atom stereocenters. The summed E-state index contributed by atoms with van der Waals surface area (Å²) in [6.45, 7) is 38.3. The third-order valence-electron chi connectivity index (χ3n) is 36.6. The van der Waals surface area contributed by atoms with E-state index in [9.17, 15) is 0 Å². The Labute approximate surface area is 829 Å². The van der Waals surface area contributed by atoms with E-state index in [0.29, 0.717) is 0 Å². The van der Waals surface area contributed by atoms with Gasteiger partial charge in [0.25, 0.3) is 0 Å². The molecule has 0 aliphatic heterocycles. The van der Waals surface area contributed by atoms with Gasteiger partial charge in [-0.05, 0) is 335 Å². The van der Waals surface area contributed by atoms with Crippen molar-refractivity contribution in [1.82, 2.24) is 18.3 Å². The summed E-state index contributed by atoms with van der Waals surface area (Å²) in [5.74, 6) is 0. The second-order valence-electron chi connectivity index (χ2n) is 46.6. The normalized spacial score (nSPS) is 16.5. The average molecular weight is 1820 g/mol. The summed E-state index contributed by atoms with van der Waals surface area (Å²) >= 11 is 0. The number of fused-ring (bicyclic) bond motifs is 36. The summed E-state index contributed by atoms with van der Waals surface area (Å²) in [5, 5.41) is 10.4. The minimum Gasteiger partial charge on any atom is -0.309 e. The Kier molecular flexibility index (Phi) is 15.8. The summed E-state index contributed by atoms with van der Waals surface area (Å²) < 4.78 is 10.2. The Hall–Kier alpha value is -15.6. The monoisotopic (exact) mass is 1820 g/mol. The first-order valence-electron chi connectivity index (χ1n) is 51.3. The summed E-state index contributed by atoms with van der Waals surface area (Å²) in [6.07, 6.45) is 0. The molecule has 0 bridgehead atoms. The zero-order valence-corrected chi connectivity index (χ0v) is 83.4. The molecule has 0 radical (unpaired) electrons. The fraction of sp³-hybridized carbons (Fsp3) is 0.174. The topological polar surface area (TPSA) is 19.7 Å². The van der Waals surface area contributed by atoms with E-state index in [1.54, 1.807) is 0 Å². The summed E-state index contributed by atoms with van der Waals surface area (Å²) in [4.78, 5) is 0. The molecule has 4 heteroatoms. The van der Waals surface area contributed by atoms with Gasteiger partial charge >= 0.3 is 0 Å². The van der Waals surface area contributed by atoms with Gasteiger partial charge in [-0.2, -0.15) is 0 Å². The molecule has 0 saturated carbocycles. The van der Waals surface area contributed by atoms with Crippen LogP contribution in [-0.2, 0) is 43.3 Å². The van der Waals surface area contributed by atoms with Crippen molar-refractivity contribution < 1.29 is 0 Å². The summed E-state index contributed by atoms with van der Waals surface area (Å²) in [7, 11) is 0. The Balaban J connectivity index is 0.000000133. The molecule has 142 heavy (non-hydrogen) atoms. The highest BCUT2D eigenvalue weighted by atomic mass is 15.0. The highest BCUT2D eigenvalue weighted by Crippen LogP contribution is 2.62. The lowest BCUT2D eigenvalue weighted by molar-refractivity contribution is 0.660. The van der Waals surface area contributed by atoms with Crippen molar-refractivity contribution in [2.24, 2.45) is 0 Å². The minimum atomic E-state index is -0.114. The van der Waals surface area contributed by atoms with Gasteiger partial charge in [-0.1, -0.05) is 329 Å². The van der Waals surface area contributed by atoms with Gasteiger partial charge in [0.05, 0.1) is 44.1 Å². The van der Waals surface area contributed by atoms with Crippen LogP contribution in [0.2, 0.25) is 0 Å². The van der Waals surface area contributed by atoms with Gasteiger partial charge in [0.15, 0.2) is 0 Å². The number of benzene rings is 19. The lowest BCUT2D eigenvalue weighted by Gasteiger charge is -2.22. The maximum Gasteiger partial charge on any atom is 0.0544 e. The van der Waals surface area contributed by atoms with Gasteiger partial charge in [-0.3, -0.25) is 0 Å². The minimum absolute atomic E-state index is 0.107. The van der Waals surface area contributed by atoms with Crippen molar-refractivity contribution in [3.8, 4) is 123 Å². The van der Waals surface area contributed by atoms with E-state index in [4.69, 9.17) is 0 Å². The maximum atomic E-state index is 2.57. The molecular formula is C138H108N4. The van der Waals surface area contributed by atoms with Crippen LogP contribution in [0.15, 0.2) is 364 Å². The van der Waals surface area contributed by atoms with Crippen LogP contribution in [0.5, 0.6) is 0 Å². The molecule has 0 fully saturated rings.